The SMILES string of the molecule is O=c1c2cnc(Nc3ccc(N4CCNCC4)cc3)nc2c(C2CC2)nn1-c1c(Cl)cccc1Cl. The Kier molecular flexibility index (Phi) is 5.80. The van der Waals surface area contributed by atoms with Crippen molar-refractivity contribution < 1.29 is 0 Å². The standard InChI is InChI=1S/C25H23Cl2N7O/c26-19-2-1-3-20(27)23(19)34-24(35)18-14-29-25(31-22(18)21(32-34)15-4-5-15)30-16-6-8-17(9-7-16)33-12-10-28-11-13-33/h1-3,6-9,14-15,28H,4-5,10-13H2,(H,29,30,31). The molecule has 1 saturated heterocycles. The quantitative estimate of drug-likeness (QED) is 0.410. The lowest BCUT2D eigenvalue weighted by atomic mass is 10.2. The van der Waals surface area contributed by atoms with Gasteiger partial charge in [-0.25, -0.2) is 9.97 Å². The number of nitrogens with zero attached hydrogens (tertiary/aromatic N) is 5. The summed E-state index contributed by atoms with van der Waals surface area (Å²) in [5.41, 5.74) is 3.40. The number of benzene rings is 2. The van der Waals surface area contributed by atoms with E-state index in [1.165, 1.54) is 10.4 Å². The minimum Gasteiger partial charge on any atom is -0.369 e. The van der Waals surface area contributed by atoms with E-state index in [-0.39, 0.29) is 11.5 Å². The number of hydrogen-bond acceptors (Lipinski definition) is 7. The van der Waals surface area contributed by atoms with Gasteiger partial charge in [-0.1, -0.05) is 29.3 Å². The van der Waals surface area contributed by atoms with E-state index in [0.29, 0.717) is 32.6 Å². The molecule has 0 spiro atoms. The Labute approximate surface area is 211 Å². The number of nitrogens with one attached hydrogen (secondary N) is 2. The molecule has 178 valence electrons. The average Bonchev–Trinajstić information content (AvgIpc) is 3.72. The molecule has 1 aliphatic carbocycles. The molecule has 0 radical (unpaired) electrons. The first-order valence-electron chi connectivity index (χ1n) is 11.7. The summed E-state index contributed by atoms with van der Waals surface area (Å²) in [4.78, 5) is 24.8. The number of hydrogen-bond donors (Lipinski definition) is 2. The van der Waals surface area contributed by atoms with Gasteiger partial charge in [-0.05, 0) is 49.2 Å². The summed E-state index contributed by atoms with van der Waals surface area (Å²) in [5.74, 6) is 0.663. The number of piperazine rings is 1. The first-order chi connectivity index (χ1) is 17.1. The molecular formula is C25H23Cl2N7O. The zero-order valence-corrected chi connectivity index (χ0v) is 20.4. The molecule has 10 heteroatoms. The second-order valence-corrected chi connectivity index (χ2v) is 9.63. The van der Waals surface area contributed by atoms with Crippen molar-refractivity contribution in [1.29, 1.82) is 0 Å². The van der Waals surface area contributed by atoms with Crippen LogP contribution in [0.15, 0.2) is 53.5 Å². The van der Waals surface area contributed by atoms with Crippen molar-refractivity contribution >= 4 is 51.4 Å². The highest BCUT2D eigenvalue weighted by Gasteiger charge is 2.30. The average molecular weight is 508 g/mol. The van der Waals surface area contributed by atoms with Gasteiger partial charge in [0.05, 0.1) is 21.1 Å². The molecule has 6 rings (SSSR count). The minimum atomic E-state index is -0.355. The monoisotopic (exact) mass is 507 g/mol. The Morgan fingerprint density at radius 1 is 1.00 bits per heavy atom. The summed E-state index contributed by atoms with van der Waals surface area (Å²) >= 11 is 12.8. The van der Waals surface area contributed by atoms with Gasteiger partial charge in [-0.15, -0.1) is 0 Å². The van der Waals surface area contributed by atoms with Crippen molar-refractivity contribution in [3.05, 3.63) is 74.8 Å². The zero-order valence-electron chi connectivity index (χ0n) is 18.8. The van der Waals surface area contributed by atoms with E-state index in [9.17, 15) is 4.79 Å². The summed E-state index contributed by atoms with van der Waals surface area (Å²) in [6.07, 6.45) is 3.55. The van der Waals surface area contributed by atoms with E-state index in [4.69, 9.17) is 28.2 Å². The van der Waals surface area contributed by atoms with Gasteiger partial charge in [0, 0.05) is 49.7 Å². The molecule has 2 fully saturated rings. The van der Waals surface area contributed by atoms with Crippen molar-refractivity contribution in [2.24, 2.45) is 0 Å². The van der Waals surface area contributed by atoms with Crippen molar-refractivity contribution in [2.45, 2.75) is 18.8 Å². The number of aromatic nitrogens is 4. The molecule has 0 bridgehead atoms. The fourth-order valence-electron chi connectivity index (χ4n) is 4.39. The smallest absolute Gasteiger partial charge is 0.282 e. The van der Waals surface area contributed by atoms with Gasteiger partial charge >= 0.3 is 0 Å². The molecule has 2 N–H and O–H groups in total. The number of rotatable bonds is 5. The van der Waals surface area contributed by atoms with Crippen molar-refractivity contribution in [3.8, 4) is 5.69 Å². The van der Waals surface area contributed by atoms with Crippen LogP contribution in [0.5, 0.6) is 0 Å². The van der Waals surface area contributed by atoms with Gasteiger partial charge < -0.3 is 15.5 Å². The maximum Gasteiger partial charge on any atom is 0.282 e. The molecule has 35 heavy (non-hydrogen) atoms. The third-order valence-corrected chi connectivity index (χ3v) is 6.99. The molecule has 4 aromatic rings. The Morgan fingerprint density at radius 2 is 1.71 bits per heavy atom. The summed E-state index contributed by atoms with van der Waals surface area (Å²) in [6, 6.07) is 13.3. The zero-order chi connectivity index (χ0) is 23.9. The molecule has 2 aliphatic rings. The van der Waals surface area contributed by atoms with Crippen LogP contribution in [-0.2, 0) is 0 Å². The predicted octanol–water partition coefficient (Wildman–Crippen LogP) is 4.51. The second kappa shape index (κ2) is 9.11. The predicted molar refractivity (Wildman–Crippen MR) is 140 cm³/mol. The third kappa shape index (κ3) is 4.33. The lowest BCUT2D eigenvalue weighted by Crippen LogP contribution is -2.43. The van der Waals surface area contributed by atoms with Crippen LogP contribution in [0.3, 0.4) is 0 Å². The molecule has 0 unspecified atom stereocenters. The van der Waals surface area contributed by atoms with E-state index in [0.717, 1.165) is 50.4 Å². The van der Waals surface area contributed by atoms with Crippen molar-refractivity contribution in [2.75, 3.05) is 36.4 Å². The van der Waals surface area contributed by atoms with Crippen LogP contribution in [0.2, 0.25) is 10.0 Å². The van der Waals surface area contributed by atoms with Gasteiger partial charge in [0.2, 0.25) is 5.95 Å². The van der Waals surface area contributed by atoms with Crippen molar-refractivity contribution in [3.63, 3.8) is 0 Å². The van der Waals surface area contributed by atoms with Crippen LogP contribution < -0.4 is 21.1 Å². The fraction of sp³-hybridized carbons (Fsp3) is 0.280. The number of fused-ring (bicyclic) bond motifs is 1. The first-order valence-corrected chi connectivity index (χ1v) is 12.4. The van der Waals surface area contributed by atoms with Gasteiger partial charge in [-0.3, -0.25) is 4.79 Å². The second-order valence-electron chi connectivity index (χ2n) is 8.81. The molecule has 3 heterocycles. The molecule has 2 aromatic heterocycles. The highest BCUT2D eigenvalue weighted by atomic mass is 35.5. The molecule has 1 aliphatic heterocycles. The lowest BCUT2D eigenvalue weighted by Gasteiger charge is -2.29. The highest BCUT2D eigenvalue weighted by molar-refractivity contribution is 6.37. The maximum atomic E-state index is 13.4. The molecule has 0 atom stereocenters. The van der Waals surface area contributed by atoms with Gasteiger partial charge in [0.25, 0.3) is 5.56 Å². The van der Waals surface area contributed by atoms with E-state index in [2.05, 4.69) is 37.7 Å². The van der Waals surface area contributed by atoms with Crippen LogP contribution in [-0.4, -0.2) is 45.9 Å². The number of para-hydroxylation sites is 1. The normalized spacial score (nSPS) is 16.0. The van der Waals surface area contributed by atoms with Gasteiger partial charge in [0.15, 0.2) is 0 Å². The minimum absolute atomic E-state index is 0.242. The van der Waals surface area contributed by atoms with Crippen LogP contribution >= 0.6 is 23.2 Å². The van der Waals surface area contributed by atoms with Crippen LogP contribution in [0, 0.1) is 0 Å². The Hall–Kier alpha value is -3.20. The Bertz CT molecular complexity index is 1440. The fourth-order valence-corrected chi connectivity index (χ4v) is 4.95. The molecule has 1 saturated carbocycles. The molecule has 8 nitrogen and oxygen atoms in total. The van der Waals surface area contributed by atoms with E-state index in [1.807, 2.05) is 12.1 Å². The number of anilines is 3. The maximum absolute atomic E-state index is 13.4. The van der Waals surface area contributed by atoms with Crippen LogP contribution in [0.1, 0.15) is 24.5 Å². The van der Waals surface area contributed by atoms with Gasteiger partial charge in [-0.2, -0.15) is 9.78 Å². The largest absolute Gasteiger partial charge is 0.369 e. The summed E-state index contributed by atoms with van der Waals surface area (Å²) in [7, 11) is 0. The molecular weight excluding hydrogens is 485 g/mol. The Morgan fingerprint density at radius 3 is 2.40 bits per heavy atom. The Balaban J connectivity index is 1.36. The van der Waals surface area contributed by atoms with Crippen LogP contribution in [0.25, 0.3) is 16.6 Å². The van der Waals surface area contributed by atoms with Gasteiger partial charge in [0.1, 0.15) is 11.2 Å². The van der Waals surface area contributed by atoms with Crippen LogP contribution in [0.4, 0.5) is 17.3 Å². The van der Waals surface area contributed by atoms with E-state index < -0.39 is 0 Å². The summed E-state index contributed by atoms with van der Waals surface area (Å²) in [6.45, 7) is 3.97. The highest BCUT2D eigenvalue weighted by Crippen LogP contribution is 2.41. The summed E-state index contributed by atoms with van der Waals surface area (Å²) in [5, 5.41) is 12.4. The lowest BCUT2D eigenvalue weighted by molar-refractivity contribution is 0.589. The van der Waals surface area contributed by atoms with E-state index in [1.54, 1.807) is 24.4 Å². The third-order valence-electron chi connectivity index (χ3n) is 6.38. The first kappa shape index (κ1) is 22.3. The number of halogens is 2. The van der Waals surface area contributed by atoms with Crippen molar-refractivity contribution in [1.82, 2.24) is 25.1 Å². The molecule has 2 aromatic carbocycles. The summed E-state index contributed by atoms with van der Waals surface area (Å²) < 4.78 is 1.28. The topological polar surface area (TPSA) is 88.0 Å². The molecule has 0 amide bonds. The van der Waals surface area contributed by atoms with E-state index >= 15 is 0 Å².